The quantitative estimate of drug-likeness (QED) is 0.735. The fourth-order valence-electron chi connectivity index (χ4n) is 2.62. The Bertz CT molecular complexity index is 944. The van der Waals surface area contributed by atoms with Gasteiger partial charge in [0.2, 0.25) is 15.9 Å². The van der Waals surface area contributed by atoms with E-state index >= 15 is 0 Å². The van der Waals surface area contributed by atoms with Crippen LogP contribution in [0.4, 0.5) is 13.2 Å². The Morgan fingerprint density at radius 1 is 1.11 bits per heavy atom. The van der Waals surface area contributed by atoms with Crippen LogP contribution < -0.4 is 4.74 Å². The second-order valence-electron chi connectivity index (χ2n) is 6.29. The first-order valence-corrected chi connectivity index (χ1v) is 10.1. The van der Waals surface area contributed by atoms with E-state index in [1.165, 1.54) is 28.6 Å². The summed E-state index contributed by atoms with van der Waals surface area (Å²) in [4.78, 5) is 5.74. The Labute approximate surface area is 165 Å². The number of nitrogens with zero attached hydrogens (tertiary/aromatic N) is 3. The van der Waals surface area contributed by atoms with Crippen LogP contribution in [0.5, 0.6) is 11.6 Å². The van der Waals surface area contributed by atoms with E-state index in [1.54, 1.807) is 0 Å². The van der Waals surface area contributed by atoms with Gasteiger partial charge in [-0.3, -0.25) is 0 Å². The number of rotatable bonds is 4. The summed E-state index contributed by atoms with van der Waals surface area (Å²) in [6.07, 6.45) is -3.94. The van der Waals surface area contributed by atoms with Gasteiger partial charge in [0, 0.05) is 32.4 Å². The van der Waals surface area contributed by atoms with E-state index in [9.17, 15) is 21.6 Å². The van der Waals surface area contributed by atoms with Gasteiger partial charge in [-0.1, -0.05) is 11.6 Å². The lowest BCUT2D eigenvalue weighted by molar-refractivity contribution is -0.137. The summed E-state index contributed by atoms with van der Waals surface area (Å²) in [6.45, 7) is 2.11. The van der Waals surface area contributed by atoms with Gasteiger partial charge in [0.05, 0.1) is 10.5 Å². The Hall–Kier alpha value is -1.88. The molecule has 0 atom stereocenters. The second kappa shape index (κ2) is 7.86. The molecule has 1 aliphatic rings. The van der Waals surface area contributed by atoms with Gasteiger partial charge in [0.1, 0.15) is 10.8 Å². The molecule has 1 aromatic heterocycles. The molecule has 2 aromatic rings. The van der Waals surface area contributed by atoms with E-state index in [0.29, 0.717) is 32.4 Å². The van der Waals surface area contributed by atoms with Crippen molar-refractivity contribution in [2.75, 3.05) is 33.2 Å². The molecule has 1 aliphatic heterocycles. The van der Waals surface area contributed by atoms with Crippen LogP contribution in [-0.4, -0.2) is 55.8 Å². The molecule has 152 valence electrons. The van der Waals surface area contributed by atoms with Crippen molar-refractivity contribution in [3.63, 3.8) is 0 Å². The van der Waals surface area contributed by atoms with E-state index < -0.39 is 21.8 Å². The highest BCUT2D eigenvalue weighted by Gasteiger charge is 2.32. The molecule has 0 saturated carbocycles. The van der Waals surface area contributed by atoms with Gasteiger partial charge in [-0.2, -0.15) is 17.5 Å². The molecule has 3 rings (SSSR count). The minimum atomic E-state index is -4.56. The summed E-state index contributed by atoms with van der Waals surface area (Å²) >= 11 is 5.81. The molecule has 1 saturated heterocycles. The lowest BCUT2D eigenvalue weighted by atomic mass is 10.3. The molecule has 1 fully saturated rings. The number of piperazine rings is 1. The minimum absolute atomic E-state index is 0.107. The van der Waals surface area contributed by atoms with Crippen molar-refractivity contribution in [3.8, 4) is 11.6 Å². The predicted octanol–water partition coefficient (Wildman–Crippen LogP) is 3.48. The van der Waals surface area contributed by atoms with Gasteiger partial charge < -0.3 is 9.64 Å². The largest absolute Gasteiger partial charge is 0.438 e. The van der Waals surface area contributed by atoms with Crippen LogP contribution in [0.15, 0.2) is 41.4 Å². The lowest BCUT2D eigenvalue weighted by Crippen LogP contribution is -2.46. The number of alkyl halides is 3. The van der Waals surface area contributed by atoms with Crippen LogP contribution in [0.3, 0.4) is 0 Å². The maximum Gasteiger partial charge on any atom is 0.417 e. The normalized spacial score (nSPS) is 16.9. The number of aromatic nitrogens is 1. The molecule has 0 unspecified atom stereocenters. The van der Waals surface area contributed by atoms with E-state index in [4.69, 9.17) is 16.3 Å². The molecule has 0 amide bonds. The first kappa shape index (κ1) is 20.8. The third-order valence-corrected chi connectivity index (χ3v) is 6.46. The summed E-state index contributed by atoms with van der Waals surface area (Å²) in [5.41, 5.74) is -0.988. The van der Waals surface area contributed by atoms with Crippen LogP contribution in [0.25, 0.3) is 0 Å². The molecule has 28 heavy (non-hydrogen) atoms. The van der Waals surface area contributed by atoms with Crippen molar-refractivity contribution < 1.29 is 26.3 Å². The van der Waals surface area contributed by atoms with Crippen molar-refractivity contribution in [2.45, 2.75) is 11.1 Å². The maximum atomic E-state index is 12.7. The second-order valence-corrected chi connectivity index (χ2v) is 8.63. The molecule has 0 N–H and O–H groups in total. The smallest absolute Gasteiger partial charge is 0.417 e. The molecule has 0 radical (unpaired) electrons. The monoisotopic (exact) mass is 435 g/mol. The van der Waals surface area contributed by atoms with Gasteiger partial charge in [-0.15, -0.1) is 0 Å². The van der Waals surface area contributed by atoms with Gasteiger partial charge in [0.25, 0.3) is 0 Å². The Morgan fingerprint density at radius 3 is 2.25 bits per heavy atom. The van der Waals surface area contributed by atoms with Gasteiger partial charge >= 0.3 is 6.18 Å². The van der Waals surface area contributed by atoms with Crippen LogP contribution in [0.2, 0.25) is 5.02 Å². The number of pyridine rings is 1. The van der Waals surface area contributed by atoms with Crippen molar-refractivity contribution in [2.24, 2.45) is 0 Å². The van der Waals surface area contributed by atoms with E-state index in [1.807, 2.05) is 11.9 Å². The summed E-state index contributed by atoms with van der Waals surface area (Å²) in [6, 6.07) is 6.27. The van der Waals surface area contributed by atoms with Crippen molar-refractivity contribution in [3.05, 3.63) is 47.1 Å². The average molecular weight is 436 g/mol. The lowest BCUT2D eigenvalue weighted by Gasteiger charge is -2.31. The molecule has 0 bridgehead atoms. The van der Waals surface area contributed by atoms with Crippen LogP contribution >= 0.6 is 11.6 Å². The molecule has 2 heterocycles. The minimum Gasteiger partial charge on any atom is -0.438 e. The van der Waals surface area contributed by atoms with Crippen molar-refractivity contribution >= 4 is 21.6 Å². The van der Waals surface area contributed by atoms with E-state index in [2.05, 4.69) is 4.98 Å². The molecule has 11 heteroatoms. The SMILES string of the molecule is CN1CCN(S(=O)(=O)c2ccc(Oc3ncc(C(F)(F)F)cc3Cl)cc2)CC1. The Kier molecular flexibility index (Phi) is 5.85. The average Bonchev–Trinajstić information content (AvgIpc) is 2.63. The molecule has 0 aliphatic carbocycles. The molecular formula is C17H17ClF3N3O3S. The zero-order valence-corrected chi connectivity index (χ0v) is 16.4. The number of benzene rings is 1. The number of sulfonamides is 1. The number of halogens is 4. The standard InChI is InChI=1S/C17H17ClF3N3O3S/c1-23-6-8-24(9-7-23)28(25,26)14-4-2-13(3-5-14)27-16-15(18)10-12(11-22-16)17(19,20)21/h2-5,10-11H,6-9H2,1H3. The first-order chi connectivity index (χ1) is 13.1. The first-order valence-electron chi connectivity index (χ1n) is 8.27. The molecule has 6 nitrogen and oxygen atoms in total. The zero-order chi connectivity index (χ0) is 20.5. The van der Waals surface area contributed by atoms with Crippen LogP contribution in [0.1, 0.15) is 5.56 Å². The van der Waals surface area contributed by atoms with E-state index in [0.717, 1.165) is 6.07 Å². The van der Waals surface area contributed by atoms with E-state index in [-0.39, 0.29) is 21.5 Å². The molecular weight excluding hydrogens is 419 g/mol. The van der Waals surface area contributed by atoms with Gasteiger partial charge in [-0.25, -0.2) is 13.4 Å². The number of likely N-dealkylation sites (N-methyl/N-ethyl adjacent to an activating group) is 1. The topological polar surface area (TPSA) is 62.7 Å². The highest BCUT2D eigenvalue weighted by Crippen LogP contribution is 2.34. The summed E-state index contributed by atoms with van der Waals surface area (Å²) in [5, 5.41) is -0.302. The third-order valence-electron chi connectivity index (χ3n) is 4.27. The molecule has 1 aromatic carbocycles. The van der Waals surface area contributed by atoms with Crippen LogP contribution in [0, 0.1) is 0 Å². The maximum absolute atomic E-state index is 12.7. The predicted molar refractivity (Wildman–Crippen MR) is 97.0 cm³/mol. The number of hydrogen-bond acceptors (Lipinski definition) is 5. The number of ether oxygens (including phenoxy) is 1. The summed E-state index contributed by atoms with van der Waals surface area (Å²) < 4.78 is 70.1. The van der Waals surface area contributed by atoms with Crippen molar-refractivity contribution in [1.29, 1.82) is 0 Å². The fourth-order valence-corrected chi connectivity index (χ4v) is 4.25. The Balaban J connectivity index is 1.74. The zero-order valence-electron chi connectivity index (χ0n) is 14.8. The van der Waals surface area contributed by atoms with Gasteiger partial charge in [0.15, 0.2) is 0 Å². The highest BCUT2D eigenvalue weighted by atomic mass is 35.5. The number of hydrogen-bond donors (Lipinski definition) is 0. The summed E-state index contributed by atoms with van der Waals surface area (Å²) in [7, 11) is -1.69. The highest BCUT2D eigenvalue weighted by molar-refractivity contribution is 7.89. The van der Waals surface area contributed by atoms with Gasteiger partial charge in [-0.05, 0) is 37.4 Å². The fraction of sp³-hybridized carbons (Fsp3) is 0.353. The third kappa shape index (κ3) is 4.57. The summed E-state index contributed by atoms with van der Waals surface area (Å²) in [5.74, 6) is -0.00386. The van der Waals surface area contributed by atoms with Crippen molar-refractivity contribution in [1.82, 2.24) is 14.2 Å². The Morgan fingerprint density at radius 2 is 1.71 bits per heavy atom. The van der Waals surface area contributed by atoms with Crippen LogP contribution in [-0.2, 0) is 16.2 Å². The molecule has 0 spiro atoms.